The molecule has 1 aliphatic heterocycles. The van der Waals surface area contributed by atoms with Crippen LogP contribution >= 0.6 is 0 Å². The van der Waals surface area contributed by atoms with Crippen LogP contribution in [-0.2, 0) is 14.3 Å². The van der Waals surface area contributed by atoms with Crippen molar-refractivity contribution in [2.24, 2.45) is 0 Å². The summed E-state index contributed by atoms with van der Waals surface area (Å²) in [6, 6.07) is 0. The van der Waals surface area contributed by atoms with Crippen molar-refractivity contribution in [1.29, 1.82) is 0 Å². The normalized spacial score (nSPS) is 20.2. The summed E-state index contributed by atoms with van der Waals surface area (Å²) in [6.07, 6.45) is 5.85. The van der Waals surface area contributed by atoms with Crippen molar-refractivity contribution < 1.29 is 12.6 Å². The summed E-state index contributed by atoms with van der Waals surface area (Å²) in [7, 11) is -1.83. The van der Waals surface area contributed by atoms with Gasteiger partial charge in [0.2, 0.25) is 6.35 Å². The molecule has 0 spiro atoms. The van der Waals surface area contributed by atoms with Crippen molar-refractivity contribution in [3.63, 3.8) is 0 Å². The van der Waals surface area contributed by atoms with Crippen molar-refractivity contribution in [1.82, 2.24) is 9.80 Å². The van der Waals surface area contributed by atoms with Crippen LogP contribution in [0.1, 0.15) is 0 Å². The predicted octanol–water partition coefficient (Wildman–Crippen LogP) is 0.707. The van der Waals surface area contributed by atoms with E-state index in [9.17, 15) is 8.42 Å². The van der Waals surface area contributed by atoms with Crippen molar-refractivity contribution >= 4 is 10.1 Å². The minimum Gasteiger partial charge on any atom is -0.336 e. The summed E-state index contributed by atoms with van der Waals surface area (Å²) < 4.78 is 28.0. The molecule has 0 aromatic rings. The molecule has 1 rings (SSSR count). The monoisotopic (exact) mass is 244 g/mol. The third kappa shape index (κ3) is 3.11. The van der Waals surface area contributed by atoms with Gasteiger partial charge in [0, 0.05) is 26.0 Å². The second-order valence-corrected chi connectivity index (χ2v) is 5.03. The summed E-state index contributed by atoms with van der Waals surface area (Å²) in [5, 5.41) is 0. The van der Waals surface area contributed by atoms with Crippen LogP contribution in [0.25, 0.3) is 0 Å². The molecule has 16 heavy (non-hydrogen) atoms. The fraction of sp³-hybridized carbons (Fsp3) is 0.400. The van der Waals surface area contributed by atoms with E-state index in [2.05, 4.69) is 13.2 Å². The second-order valence-electron chi connectivity index (χ2n) is 3.38. The van der Waals surface area contributed by atoms with Crippen molar-refractivity contribution in [3.05, 3.63) is 37.7 Å². The van der Waals surface area contributed by atoms with E-state index in [1.807, 2.05) is 0 Å². The number of hydrogen-bond donors (Lipinski definition) is 0. The number of rotatable bonds is 6. The van der Waals surface area contributed by atoms with Crippen LogP contribution in [0.3, 0.4) is 0 Å². The lowest BCUT2D eigenvalue weighted by Crippen LogP contribution is -2.40. The Balaban J connectivity index is 2.71. The Bertz CT molecular complexity index is 389. The van der Waals surface area contributed by atoms with Gasteiger partial charge in [-0.25, -0.2) is 4.18 Å². The van der Waals surface area contributed by atoms with Gasteiger partial charge < -0.3 is 9.80 Å². The van der Waals surface area contributed by atoms with Crippen LogP contribution in [0, 0.1) is 0 Å². The maximum absolute atomic E-state index is 11.5. The summed E-state index contributed by atoms with van der Waals surface area (Å²) in [5.41, 5.74) is 0. The Hall–Kier alpha value is -1.27. The SMILES string of the molecule is C=CCN1C=CN(C)C1OS(=O)(=O)CC=C. The first-order valence-electron chi connectivity index (χ1n) is 4.79. The average molecular weight is 244 g/mol. The zero-order chi connectivity index (χ0) is 12.2. The molecule has 90 valence electrons. The molecule has 0 aromatic heterocycles. The smallest absolute Gasteiger partial charge is 0.274 e. The quantitative estimate of drug-likeness (QED) is 0.508. The molecule has 0 saturated carbocycles. The molecule has 1 unspecified atom stereocenters. The fourth-order valence-electron chi connectivity index (χ4n) is 1.31. The zero-order valence-corrected chi connectivity index (χ0v) is 10.1. The van der Waals surface area contributed by atoms with Gasteiger partial charge in [-0.1, -0.05) is 12.2 Å². The highest BCUT2D eigenvalue weighted by Crippen LogP contribution is 2.17. The third-order valence-electron chi connectivity index (χ3n) is 2.02. The zero-order valence-electron chi connectivity index (χ0n) is 9.24. The van der Waals surface area contributed by atoms with Crippen LogP contribution < -0.4 is 0 Å². The molecule has 0 fully saturated rings. The summed E-state index contributed by atoms with van der Waals surface area (Å²) >= 11 is 0. The van der Waals surface area contributed by atoms with Gasteiger partial charge in [0.1, 0.15) is 0 Å². The Labute approximate surface area is 96.4 Å². The molecule has 0 bridgehead atoms. The maximum atomic E-state index is 11.5. The Morgan fingerprint density at radius 1 is 1.38 bits per heavy atom. The van der Waals surface area contributed by atoms with Gasteiger partial charge in [-0.15, -0.1) is 13.2 Å². The molecule has 5 nitrogen and oxygen atoms in total. The molecule has 0 N–H and O–H groups in total. The van der Waals surface area contributed by atoms with Crippen LogP contribution in [-0.4, -0.2) is 43.9 Å². The minimum absolute atomic E-state index is 0.195. The average Bonchev–Trinajstić information content (AvgIpc) is 2.50. The van der Waals surface area contributed by atoms with E-state index in [0.717, 1.165) is 0 Å². The van der Waals surface area contributed by atoms with Gasteiger partial charge in [0.15, 0.2) is 0 Å². The van der Waals surface area contributed by atoms with E-state index >= 15 is 0 Å². The van der Waals surface area contributed by atoms with Crippen molar-refractivity contribution in [2.75, 3.05) is 19.3 Å². The van der Waals surface area contributed by atoms with Gasteiger partial charge >= 0.3 is 0 Å². The first-order valence-corrected chi connectivity index (χ1v) is 6.36. The van der Waals surface area contributed by atoms with Crippen LogP contribution in [0.4, 0.5) is 0 Å². The topological polar surface area (TPSA) is 49.9 Å². The molecule has 1 aliphatic rings. The molecule has 0 aliphatic carbocycles. The standard InChI is InChI=1S/C10H16N2O3S/c1-4-6-12-8-7-11(3)10(12)15-16(13,14)9-5-2/h4-5,7-8,10H,1-2,6,9H2,3H3. The van der Waals surface area contributed by atoms with E-state index < -0.39 is 16.5 Å². The molecule has 0 amide bonds. The number of nitrogens with zero attached hydrogens (tertiary/aromatic N) is 2. The largest absolute Gasteiger partial charge is 0.336 e. The van der Waals surface area contributed by atoms with Crippen molar-refractivity contribution in [3.8, 4) is 0 Å². The third-order valence-corrected chi connectivity index (χ3v) is 3.13. The van der Waals surface area contributed by atoms with Gasteiger partial charge in [0.25, 0.3) is 10.1 Å². The molecule has 0 aromatic carbocycles. The van der Waals surface area contributed by atoms with E-state index in [-0.39, 0.29) is 5.75 Å². The molecule has 6 heteroatoms. The Morgan fingerprint density at radius 2 is 2.06 bits per heavy atom. The highest BCUT2D eigenvalue weighted by atomic mass is 32.2. The highest BCUT2D eigenvalue weighted by molar-refractivity contribution is 7.86. The predicted molar refractivity (Wildman–Crippen MR) is 62.7 cm³/mol. The molecule has 0 radical (unpaired) electrons. The van der Waals surface area contributed by atoms with E-state index in [1.54, 1.807) is 35.3 Å². The Morgan fingerprint density at radius 3 is 2.62 bits per heavy atom. The van der Waals surface area contributed by atoms with Crippen molar-refractivity contribution in [2.45, 2.75) is 6.35 Å². The fourth-order valence-corrected chi connectivity index (χ4v) is 2.19. The first-order chi connectivity index (χ1) is 7.50. The molecular formula is C10H16N2O3S. The first kappa shape index (κ1) is 12.8. The van der Waals surface area contributed by atoms with Gasteiger partial charge in [-0.05, 0) is 0 Å². The van der Waals surface area contributed by atoms with E-state index in [4.69, 9.17) is 4.18 Å². The lowest BCUT2D eigenvalue weighted by atomic mass is 10.5. The lowest BCUT2D eigenvalue weighted by Gasteiger charge is -2.28. The highest BCUT2D eigenvalue weighted by Gasteiger charge is 2.28. The maximum Gasteiger partial charge on any atom is 0.274 e. The van der Waals surface area contributed by atoms with Gasteiger partial charge in [-0.2, -0.15) is 8.42 Å². The summed E-state index contributed by atoms with van der Waals surface area (Å²) in [4.78, 5) is 3.40. The van der Waals surface area contributed by atoms with E-state index in [0.29, 0.717) is 6.54 Å². The second kappa shape index (κ2) is 5.18. The minimum atomic E-state index is -3.57. The van der Waals surface area contributed by atoms with Gasteiger partial charge in [0.05, 0.1) is 5.75 Å². The van der Waals surface area contributed by atoms with Crippen LogP contribution in [0.15, 0.2) is 37.7 Å². The molecular weight excluding hydrogens is 228 g/mol. The lowest BCUT2D eigenvalue weighted by molar-refractivity contribution is -0.00224. The summed E-state index contributed by atoms with van der Waals surface area (Å²) in [6.45, 7) is 7.50. The van der Waals surface area contributed by atoms with Crippen LogP contribution in [0.2, 0.25) is 0 Å². The molecule has 1 heterocycles. The molecule has 0 saturated heterocycles. The van der Waals surface area contributed by atoms with E-state index in [1.165, 1.54) is 6.08 Å². The Kier molecular flexibility index (Phi) is 4.14. The molecule has 1 atom stereocenters. The number of hydrogen-bond acceptors (Lipinski definition) is 5. The summed E-state index contributed by atoms with van der Waals surface area (Å²) in [5.74, 6) is -0.195. The van der Waals surface area contributed by atoms with Gasteiger partial charge in [-0.3, -0.25) is 0 Å². The van der Waals surface area contributed by atoms with Crippen LogP contribution in [0.5, 0.6) is 0 Å².